The Balaban J connectivity index is 2.23. The molecule has 0 aliphatic heterocycles. The summed E-state index contributed by atoms with van der Waals surface area (Å²) in [6.45, 7) is 1.48. The second-order valence-corrected chi connectivity index (χ2v) is 6.67. The van der Waals surface area contributed by atoms with E-state index in [2.05, 4.69) is 36.0 Å². The number of hydrogen-bond donors (Lipinski definition) is 2. The van der Waals surface area contributed by atoms with Gasteiger partial charge in [0.05, 0.1) is 4.47 Å². The summed E-state index contributed by atoms with van der Waals surface area (Å²) >= 11 is 3.99. The van der Waals surface area contributed by atoms with Gasteiger partial charge in [-0.3, -0.25) is 4.79 Å². The first-order chi connectivity index (χ1) is 10.9. The Morgan fingerprint density at radius 3 is 2.87 bits per heavy atom. The third-order valence-corrected chi connectivity index (χ3v) is 4.50. The predicted octanol–water partition coefficient (Wildman–Crippen LogP) is 2.96. The first kappa shape index (κ1) is 17.4. The van der Waals surface area contributed by atoms with E-state index in [1.165, 1.54) is 19.1 Å². The van der Waals surface area contributed by atoms with Gasteiger partial charge < -0.3 is 10.3 Å². The van der Waals surface area contributed by atoms with Crippen LogP contribution < -0.4 is 0 Å². The molecule has 7 nitrogen and oxygen atoms in total. The SMILES string of the molecule is CC(Sc1nonc1/C(Cc1ccc(F)c(Br)c1)=N/O)C(=O)O. The van der Waals surface area contributed by atoms with Crippen molar-refractivity contribution in [1.82, 2.24) is 10.3 Å². The summed E-state index contributed by atoms with van der Waals surface area (Å²) in [7, 11) is 0. The van der Waals surface area contributed by atoms with Crippen molar-refractivity contribution in [3.63, 3.8) is 0 Å². The predicted molar refractivity (Wildman–Crippen MR) is 83.4 cm³/mol. The van der Waals surface area contributed by atoms with Crippen LogP contribution in [0.3, 0.4) is 0 Å². The number of hydrogen-bond acceptors (Lipinski definition) is 7. The van der Waals surface area contributed by atoms with Crippen LogP contribution in [-0.2, 0) is 11.2 Å². The van der Waals surface area contributed by atoms with E-state index in [4.69, 9.17) is 5.11 Å². The second-order valence-electron chi connectivity index (χ2n) is 4.49. The van der Waals surface area contributed by atoms with E-state index < -0.39 is 17.0 Å². The van der Waals surface area contributed by atoms with Gasteiger partial charge in [-0.15, -0.1) is 0 Å². The van der Waals surface area contributed by atoms with Crippen molar-refractivity contribution in [2.24, 2.45) is 5.16 Å². The van der Waals surface area contributed by atoms with Crippen LogP contribution in [-0.4, -0.2) is 37.6 Å². The third-order valence-electron chi connectivity index (χ3n) is 2.84. The van der Waals surface area contributed by atoms with Gasteiger partial charge in [0, 0.05) is 6.42 Å². The van der Waals surface area contributed by atoms with Gasteiger partial charge in [0.15, 0.2) is 10.7 Å². The molecule has 0 radical (unpaired) electrons. The molecule has 1 heterocycles. The number of thioether (sulfide) groups is 1. The number of carbonyl (C=O) groups is 1. The lowest BCUT2D eigenvalue weighted by Crippen LogP contribution is -2.13. The number of oxime groups is 1. The molecule has 2 N–H and O–H groups in total. The average Bonchev–Trinajstić information content (AvgIpc) is 2.96. The summed E-state index contributed by atoms with van der Waals surface area (Å²) in [5, 5.41) is 28.1. The molecule has 122 valence electrons. The zero-order valence-corrected chi connectivity index (χ0v) is 14.1. The number of nitrogens with zero attached hydrogens (tertiary/aromatic N) is 3. The van der Waals surface area contributed by atoms with Crippen molar-refractivity contribution >= 4 is 39.4 Å². The minimum Gasteiger partial charge on any atom is -0.480 e. The molecule has 0 saturated carbocycles. The van der Waals surface area contributed by atoms with Crippen LogP contribution >= 0.6 is 27.7 Å². The normalized spacial score (nSPS) is 13.1. The lowest BCUT2D eigenvalue weighted by molar-refractivity contribution is -0.136. The molecule has 0 aliphatic rings. The number of aromatic nitrogens is 2. The first-order valence-corrected chi connectivity index (χ1v) is 7.97. The number of carboxylic acids is 1. The van der Waals surface area contributed by atoms with Crippen LogP contribution in [0.25, 0.3) is 0 Å². The zero-order valence-electron chi connectivity index (χ0n) is 11.7. The summed E-state index contributed by atoms with van der Waals surface area (Å²) < 4.78 is 18.1. The monoisotopic (exact) mass is 403 g/mol. The molecule has 0 bridgehead atoms. The van der Waals surface area contributed by atoms with Crippen LogP contribution in [0.1, 0.15) is 18.2 Å². The Hall–Kier alpha value is -1.94. The van der Waals surface area contributed by atoms with Gasteiger partial charge in [0.25, 0.3) is 0 Å². The van der Waals surface area contributed by atoms with Gasteiger partial charge in [-0.25, -0.2) is 9.02 Å². The van der Waals surface area contributed by atoms with Gasteiger partial charge in [0.2, 0.25) is 0 Å². The van der Waals surface area contributed by atoms with Gasteiger partial charge in [-0.1, -0.05) is 23.0 Å². The number of benzene rings is 1. The molecule has 0 fully saturated rings. The fourth-order valence-corrected chi connectivity index (χ4v) is 2.87. The molecule has 23 heavy (non-hydrogen) atoms. The largest absolute Gasteiger partial charge is 0.480 e. The van der Waals surface area contributed by atoms with Crippen molar-refractivity contribution < 1.29 is 24.1 Å². The van der Waals surface area contributed by atoms with Crippen molar-refractivity contribution in [1.29, 1.82) is 0 Å². The average molecular weight is 404 g/mol. The summed E-state index contributed by atoms with van der Waals surface area (Å²) in [4.78, 5) is 10.9. The fraction of sp³-hybridized carbons (Fsp3) is 0.231. The molecule has 1 aromatic carbocycles. The molecule has 1 atom stereocenters. The molecule has 0 aliphatic carbocycles. The number of halogens is 2. The van der Waals surface area contributed by atoms with E-state index >= 15 is 0 Å². The van der Waals surface area contributed by atoms with Gasteiger partial charge >= 0.3 is 5.97 Å². The van der Waals surface area contributed by atoms with E-state index in [1.807, 2.05) is 0 Å². The number of aliphatic carboxylic acids is 1. The molecule has 0 amide bonds. The molecule has 2 rings (SSSR count). The smallest absolute Gasteiger partial charge is 0.316 e. The highest BCUT2D eigenvalue weighted by atomic mass is 79.9. The van der Waals surface area contributed by atoms with E-state index in [1.54, 1.807) is 6.07 Å². The summed E-state index contributed by atoms with van der Waals surface area (Å²) in [6, 6.07) is 4.35. The molecule has 2 aromatic rings. The molecular formula is C13H11BrFN3O4S. The maximum atomic E-state index is 13.3. The van der Waals surface area contributed by atoms with E-state index in [0.717, 1.165) is 11.8 Å². The highest BCUT2D eigenvalue weighted by molar-refractivity contribution is 9.10. The summed E-state index contributed by atoms with van der Waals surface area (Å²) in [6.07, 6.45) is 0.138. The van der Waals surface area contributed by atoms with Crippen molar-refractivity contribution in [3.05, 3.63) is 39.7 Å². The molecule has 10 heteroatoms. The third kappa shape index (κ3) is 4.29. The standard InChI is InChI=1S/C13H11BrFN3O4S/c1-6(13(19)20)23-12-11(17-22-18-12)10(16-21)5-7-2-3-9(15)8(14)4-7/h2-4,6,21H,5H2,1H3,(H,19,20)/b16-10+. The molecule has 0 saturated heterocycles. The van der Waals surface area contributed by atoms with E-state index in [9.17, 15) is 14.4 Å². The van der Waals surface area contributed by atoms with Crippen molar-refractivity contribution in [2.75, 3.05) is 0 Å². The van der Waals surface area contributed by atoms with Crippen LogP contribution in [0.15, 0.2) is 37.5 Å². The fourth-order valence-electron chi connectivity index (χ4n) is 1.66. The van der Waals surface area contributed by atoms with Crippen LogP contribution in [0.4, 0.5) is 4.39 Å². The van der Waals surface area contributed by atoms with E-state index in [0.29, 0.717) is 5.56 Å². The Labute approximate surface area is 142 Å². The van der Waals surface area contributed by atoms with E-state index in [-0.39, 0.29) is 27.3 Å². The summed E-state index contributed by atoms with van der Waals surface area (Å²) in [5.74, 6) is -1.43. The zero-order chi connectivity index (χ0) is 17.0. The minimum atomic E-state index is -1.02. The molecule has 1 aromatic heterocycles. The lowest BCUT2D eigenvalue weighted by Gasteiger charge is -2.06. The van der Waals surface area contributed by atoms with Crippen LogP contribution in [0.5, 0.6) is 0 Å². The molecular weight excluding hydrogens is 393 g/mol. The second kappa shape index (κ2) is 7.55. The highest BCUT2D eigenvalue weighted by Crippen LogP contribution is 2.26. The van der Waals surface area contributed by atoms with Crippen molar-refractivity contribution in [3.8, 4) is 0 Å². The molecule has 0 spiro atoms. The quantitative estimate of drug-likeness (QED) is 0.330. The summed E-state index contributed by atoms with van der Waals surface area (Å²) in [5.41, 5.74) is 0.937. The van der Waals surface area contributed by atoms with Crippen LogP contribution in [0.2, 0.25) is 0 Å². The van der Waals surface area contributed by atoms with Gasteiger partial charge in [0.1, 0.15) is 16.8 Å². The maximum absolute atomic E-state index is 13.3. The van der Waals surface area contributed by atoms with Crippen LogP contribution in [0, 0.1) is 5.82 Å². The Morgan fingerprint density at radius 1 is 1.52 bits per heavy atom. The minimum absolute atomic E-state index is 0.129. The maximum Gasteiger partial charge on any atom is 0.316 e. The molecule has 1 unspecified atom stereocenters. The first-order valence-electron chi connectivity index (χ1n) is 6.29. The highest BCUT2D eigenvalue weighted by Gasteiger charge is 2.23. The Morgan fingerprint density at radius 2 is 2.26 bits per heavy atom. The Bertz CT molecular complexity index is 753. The van der Waals surface area contributed by atoms with Gasteiger partial charge in [-0.2, -0.15) is 0 Å². The van der Waals surface area contributed by atoms with Crippen molar-refractivity contribution in [2.45, 2.75) is 23.6 Å². The lowest BCUT2D eigenvalue weighted by atomic mass is 10.1. The number of carboxylic acid groups (broad SMARTS) is 1. The van der Waals surface area contributed by atoms with Gasteiger partial charge in [-0.05, 0) is 50.9 Å². The Kier molecular flexibility index (Phi) is 5.72. The number of rotatable bonds is 6. The topological polar surface area (TPSA) is 109 Å².